The predicted molar refractivity (Wildman–Crippen MR) is 259 cm³/mol. The fourth-order valence-corrected chi connectivity index (χ4v) is 12.3. The zero-order valence-electron chi connectivity index (χ0n) is 38.8. The fourth-order valence-electron chi connectivity index (χ4n) is 12.3. The Hall–Kier alpha value is -6.72. The number of carbonyl (C=O) groups is 5. The molecule has 5 amide bonds. The third kappa shape index (κ3) is 8.28. The molecule has 69 heavy (non-hydrogen) atoms. The Balaban J connectivity index is 0.569. The second-order valence-electron chi connectivity index (χ2n) is 20.6. The minimum Gasteiger partial charge on any atom is -0.370 e. The number of hydrogen-bond acceptors (Lipinski definition) is 13. The number of likely N-dealkylation sites (tertiary alicyclic amines) is 1. The fraction of sp³-hybridized carbons (Fsp3) is 0.462. The molecule has 1 spiro atoms. The van der Waals surface area contributed by atoms with Gasteiger partial charge in [0.2, 0.25) is 17.7 Å². The van der Waals surface area contributed by atoms with Crippen LogP contribution in [0.1, 0.15) is 83.7 Å². The van der Waals surface area contributed by atoms with Gasteiger partial charge in [-0.1, -0.05) is 36.4 Å². The molecular formula is C52H58N12O5. The van der Waals surface area contributed by atoms with Crippen molar-refractivity contribution in [3.63, 3.8) is 0 Å². The third-order valence-corrected chi connectivity index (χ3v) is 16.3. The molecule has 6 fully saturated rings. The minimum absolute atomic E-state index is 0.0526. The largest absolute Gasteiger partial charge is 0.370 e. The van der Waals surface area contributed by atoms with Crippen LogP contribution in [0.25, 0.3) is 11.2 Å². The van der Waals surface area contributed by atoms with E-state index in [-0.39, 0.29) is 36.7 Å². The van der Waals surface area contributed by atoms with Crippen molar-refractivity contribution in [2.45, 2.75) is 82.0 Å². The highest BCUT2D eigenvalue weighted by Gasteiger charge is 2.49. The first kappa shape index (κ1) is 43.6. The average molecular weight is 931 g/mol. The molecule has 3 N–H and O–H groups in total. The van der Waals surface area contributed by atoms with Gasteiger partial charge in [0.1, 0.15) is 12.4 Å². The summed E-state index contributed by atoms with van der Waals surface area (Å²) in [5, 5.41) is 8.94. The van der Waals surface area contributed by atoms with Crippen molar-refractivity contribution >= 4 is 63.6 Å². The summed E-state index contributed by atoms with van der Waals surface area (Å²) in [5.41, 5.74) is 6.66. The van der Waals surface area contributed by atoms with Crippen molar-refractivity contribution in [1.29, 1.82) is 0 Å². The van der Waals surface area contributed by atoms with Gasteiger partial charge >= 0.3 is 0 Å². The summed E-state index contributed by atoms with van der Waals surface area (Å²) < 4.78 is 2.11. The molecule has 0 unspecified atom stereocenters. The highest BCUT2D eigenvalue weighted by atomic mass is 16.2. The molecule has 7 aliphatic rings. The summed E-state index contributed by atoms with van der Waals surface area (Å²) in [6, 6.07) is 23.9. The Kier molecular flexibility index (Phi) is 11.1. The average Bonchev–Trinajstić information content (AvgIpc) is 3.87. The number of piperidine rings is 2. The summed E-state index contributed by atoms with van der Waals surface area (Å²) in [7, 11) is 0. The first-order valence-electron chi connectivity index (χ1n) is 24.8. The quantitative estimate of drug-likeness (QED) is 0.149. The molecule has 7 heterocycles. The number of hydrogen-bond donors (Lipinski definition) is 3. The Morgan fingerprint density at radius 3 is 2.30 bits per heavy atom. The number of benzene rings is 3. The second kappa shape index (κ2) is 17.7. The van der Waals surface area contributed by atoms with Crippen LogP contribution in [0.2, 0.25) is 0 Å². The van der Waals surface area contributed by atoms with Gasteiger partial charge in [0.25, 0.3) is 11.8 Å². The molecule has 17 nitrogen and oxygen atoms in total. The molecule has 5 aliphatic heterocycles. The number of imidazole rings is 1. The SMILES string of the molecule is O=C1CC[C@H](N2C(=O)c3cccc(N4CC(CN5CCC6(CC5)CC(N5CCN(c7ccc(Nc8ncnc9c8ncn9C8CC(NC(=O)Cc9ccccc9)C8)cc7)CC5)C6)C4)c3C2=O)C(=O)N1. The van der Waals surface area contributed by atoms with Crippen LogP contribution >= 0.6 is 0 Å². The zero-order chi connectivity index (χ0) is 46.8. The summed E-state index contributed by atoms with van der Waals surface area (Å²) in [6.07, 6.45) is 10.9. The van der Waals surface area contributed by atoms with Crippen LogP contribution in [-0.4, -0.2) is 141 Å². The highest BCUT2D eigenvalue weighted by molar-refractivity contribution is 6.25. The summed E-state index contributed by atoms with van der Waals surface area (Å²) in [5.74, 6) is -0.646. The van der Waals surface area contributed by atoms with Crippen molar-refractivity contribution in [3.05, 3.63) is 102 Å². The molecule has 5 aromatic rings. The van der Waals surface area contributed by atoms with Crippen LogP contribution in [-0.2, 0) is 20.8 Å². The van der Waals surface area contributed by atoms with Crippen LogP contribution in [0, 0.1) is 11.3 Å². The standard InChI is InChI=1S/C52H58N12O5/c65-43-14-13-42(49(67)58-43)64-50(68)40-7-4-8-41(45(40)51(64)69)62-29-34(30-62)28-59-17-15-52(16-18-59)26-39(27-52)61-21-19-60(20-22-61)37-11-9-35(10-12-37)57-47-46-48(54-31-53-47)63(32-55-46)38-24-36(25-38)56-44(66)23-33-5-2-1-3-6-33/h1-12,31-32,34,36,38-39,42H,13-30H2,(H,56,66)(H,53,54,57)(H,58,65,67)/t36?,38?,42-/m0/s1. The minimum atomic E-state index is -0.962. The van der Waals surface area contributed by atoms with Crippen molar-refractivity contribution in [2.24, 2.45) is 11.3 Å². The van der Waals surface area contributed by atoms with E-state index >= 15 is 0 Å². The van der Waals surface area contributed by atoms with Gasteiger partial charge in [-0.25, -0.2) is 15.0 Å². The maximum absolute atomic E-state index is 13.6. The van der Waals surface area contributed by atoms with E-state index < -0.39 is 23.8 Å². The lowest BCUT2D eigenvalue weighted by Crippen LogP contribution is -2.60. The first-order valence-corrected chi connectivity index (χ1v) is 24.8. The van der Waals surface area contributed by atoms with Crippen molar-refractivity contribution in [1.82, 2.24) is 44.9 Å². The molecule has 2 aliphatic carbocycles. The number of amides is 5. The number of aromatic nitrogens is 4. The van der Waals surface area contributed by atoms with Gasteiger partial charge in [-0.3, -0.25) is 39.1 Å². The third-order valence-electron chi connectivity index (χ3n) is 16.3. The molecule has 12 rings (SSSR count). The zero-order valence-corrected chi connectivity index (χ0v) is 38.8. The molecule has 356 valence electrons. The number of carbonyl (C=O) groups excluding carboxylic acids is 5. The Morgan fingerprint density at radius 2 is 1.55 bits per heavy atom. The number of nitrogens with one attached hydrogen (secondary N) is 3. The lowest BCUT2D eigenvalue weighted by molar-refractivity contribution is -0.136. The van der Waals surface area contributed by atoms with Gasteiger partial charge in [-0.05, 0) is 105 Å². The van der Waals surface area contributed by atoms with Gasteiger partial charge in [-0.15, -0.1) is 0 Å². The first-order chi connectivity index (χ1) is 33.6. The van der Waals surface area contributed by atoms with E-state index in [1.165, 1.54) is 31.4 Å². The maximum atomic E-state index is 13.6. The molecule has 0 radical (unpaired) electrons. The van der Waals surface area contributed by atoms with Crippen LogP contribution < -0.4 is 25.8 Å². The number of fused-ring (bicyclic) bond motifs is 2. The number of imide groups is 2. The number of nitrogens with zero attached hydrogens (tertiary/aromatic N) is 9. The van der Waals surface area contributed by atoms with Crippen LogP contribution in [0.15, 0.2) is 85.5 Å². The molecule has 2 saturated carbocycles. The van der Waals surface area contributed by atoms with E-state index in [0.29, 0.717) is 40.7 Å². The molecule has 1 atom stereocenters. The topological polar surface area (TPSA) is 181 Å². The monoisotopic (exact) mass is 930 g/mol. The van der Waals surface area contributed by atoms with E-state index in [1.807, 2.05) is 48.8 Å². The maximum Gasteiger partial charge on any atom is 0.264 e. The van der Waals surface area contributed by atoms with Gasteiger partial charge in [-0.2, -0.15) is 0 Å². The van der Waals surface area contributed by atoms with Crippen LogP contribution in [0.3, 0.4) is 0 Å². The molecule has 4 saturated heterocycles. The normalized spacial score (nSPS) is 24.2. The van der Waals surface area contributed by atoms with Crippen molar-refractivity contribution in [3.8, 4) is 0 Å². The summed E-state index contributed by atoms with van der Waals surface area (Å²) >= 11 is 0. The van der Waals surface area contributed by atoms with Gasteiger partial charge < -0.3 is 29.9 Å². The lowest BCUT2D eigenvalue weighted by Gasteiger charge is -2.57. The second-order valence-corrected chi connectivity index (χ2v) is 20.6. The smallest absolute Gasteiger partial charge is 0.264 e. The van der Waals surface area contributed by atoms with Gasteiger partial charge in [0.05, 0.1) is 29.6 Å². The van der Waals surface area contributed by atoms with E-state index in [4.69, 9.17) is 4.98 Å². The van der Waals surface area contributed by atoms with Gasteiger partial charge in [0.15, 0.2) is 17.0 Å². The number of rotatable bonds is 12. The Morgan fingerprint density at radius 1 is 0.783 bits per heavy atom. The van der Waals surface area contributed by atoms with E-state index in [1.54, 1.807) is 12.4 Å². The van der Waals surface area contributed by atoms with Crippen LogP contribution in [0.5, 0.6) is 0 Å². The summed E-state index contributed by atoms with van der Waals surface area (Å²) in [6.45, 7) is 9.13. The molecular weight excluding hydrogens is 873 g/mol. The van der Waals surface area contributed by atoms with Gasteiger partial charge in [0, 0.05) is 87.7 Å². The van der Waals surface area contributed by atoms with E-state index in [9.17, 15) is 24.0 Å². The Labute approximate surface area is 400 Å². The Bertz CT molecular complexity index is 2800. The molecule has 2 aromatic heterocycles. The van der Waals surface area contributed by atoms with E-state index in [2.05, 4.69) is 74.4 Å². The van der Waals surface area contributed by atoms with Crippen molar-refractivity contribution in [2.75, 3.05) is 74.0 Å². The summed E-state index contributed by atoms with van der Waals surface area (Å²) in [4.78, 5) is 88.8. The highest BCUT2D eigenvalue weighted by Crippen LogP contribution is 2.51. The lowest BCUT2D eigenvalue weighted by atomic mass is 9.60. The molecule has 3 aromatic carbocycles. The van der Waals surface area contributed by atoms with Crippen LogP contribution in [0.4, 0.5) is 22.9 Å². The molecule has 17 heteroatoms. The predicted octanol–water partition coefficient (Wildman–Crippen LogP) is 4.54. The number of piperazine rings is 1. The molecule has 0 bridgehead atoms. The van der Waals surface area contributed by atoms with Crippen molar-refractivity contribution < 1.29 is 24.0 Å². The van der Waals surface area contributed by atoms with E-state index in [0.717, 1.165) is 105 Å². The number of anilines is 4.